The molecule has 0 radical (unpaired) electrons. The molecule has 3 rings (SSSR count). The smallest absolute Gasteiger partial charge is 0.407 e. The summed E-state index contributed by atoms with van der Waals surface area (Å²) in [5.74, 6) is 0.529. The van der Waals surface area contributed by atoms with E-state index in [1.807, 2.05) is 24.3 Å². The maximum Gasteiger partial charge on any atom is 0.407 e. The van der Waals surface area contributed by atoms with Gasteiger partial charge in [-0.25, -0.2) is 4.98 Å². The summed E-state index contributed by atoms with van der Waals surface area (Å²) in [4.78, 5) is 4.36. The number of rotatable bonds is 6. The van der Waals surface area contributed by atoms with E-state index in [4.69, 9.17) is 9.47 Å². The largest absolute Gasteiger partial charge is 0.493 e. The Labute approximate surface area is 152 Å². The molecule has 26 heavy (non-hydrogen) atoms. The Hall–Kier alpha value is -2.32. The molecule has 1 atom stereocenters. The molecule has 1 heterocycles. The molecule has 3 aromatic rings. The molecule has 0 aliphatic heterocycles. The van der Waals surface area contributed by atoms with E-state index in [-0.39, 0.29) is 17.9 Å². The molecule has 0 aliphatic rings. The number of hydrogen-bond acceptors (Lipinski definition) is 5. The maximum absolute atomic E-state index is 13.3. The van der Waals surface area contributed by atoms with Crippen molar-refractivity contribution >= 4 is 21.6 Å². The Morgan fingerprint density at radius 3 is 2.58 bits per heavy atom. The molecule has 1 unspecified atom stereocenters. The van der Waals surface area contributed by atoms with E-state index >= 15 is 0 Å². The lowest BCUT2D eigenvalue weighted by molar-refractivity contribution is -0.157. The van der Waals surface area contributed by atoms with E-state index in [0.717, 1.165) is 10.2 Å². The van der Waals surface area contributed by atoms with Gasteiger partial charge >= 0.3 is 6.18 Å². The molecule has 0 aliphatic carbocycles. The number of nitrogens with zero attached hydrogens (tertiary/aromatic N) is 1. The fraction of sp³-hybridized carbons (Fsp3) is 0.278. The van der Waals surface area contributed by atoms with Crippen LogP contribution in [0.5, 0.6) is 16.7 Å². The van der Waals surface area contributed by atoms with Gasteiger partial charge in [-0.15, -0.1) is 0 Å². The highest BCUT2D eigenvalue weighted by atomic mass is 32.1. The monoisotopic (exact) mass is 382 g/mol. The molecule has 0 spiro atoms. The van der Waals surface area contributed by atoms with E-state index in [0.29, 0.717) is 10.9 Å². The zero-order valence-electron chi connectivity index (χ0n) is 14.1. The average molecular weight is 382 g/mol. The number of aromatic nitrogens is 1. The number of alkyl halides is 3. The lowest BCUT2D eigenvalue weighted by Gasteiger charge is -2.22. The van der Waals surface area contributed by atoms with Crippen LogP contribution in [0.3, 0.4) is 0 Å². The minimum absolute atomic E-state index is 0.0628. The van der Waals surface area contributed by atoms with Crippen molar-refractivity contribution in [3.8, 4) is 16.7 Å². The fourth-order valence-corrected chi connectivity index (χ4v) is 3.39. The first-order valence-corrected chi connectivity index (χ1v) is 8.75. The van der Waals surface area contributed by atoms with Crippen LogP contribution in [0.4, 0.5) is 13.2 Å². The number of ether oxygens (including phenoxy) is 2. The summed E-state index contributed by atoms with van der Waals surface area (Å²) in [6, 6.07) is 9.98. The summed E-state index contributed by atoms with van der Waals surface area (Å²) < 4.78 is 51.7. The predicted octanol–water partition coefficient (Wildman–Crippen LogP) is 5.31. The van der Waals surface area contributed by atoms with E-state index in [1.54, 1.807) is 6.92 Å². The Morgan fingerprint density at radius 2 is 1.92 bits per heavy atom. The first kappa shape index (κ1) is 18.5. The van der Waals surface area contributed by atoms with E-state index in [9.17, 15) is 13.2 Å². The van der Waals surface area contributed by atoms with Crippen LogP contribution in [0.2, 0.25) is 0 Å². The SMILES string of the molecule is CCNC(c1ccc(Oc2nc3ccccc3s2)c(OC)c1)C(F)(F)F. The minimum atomic E-state index is -4.41. The van der Waals surface area contributed by atoms with Gasteiger partial charge < -0.3 is 14.8 Å². The number of benzene rings is 2. The minimum Gasteiger partial charge on any atom is -0.493 e. The van der Waals surface area contributed by atoms with Crippen molar-refractivity contribution in [3.05, 3.63) is 48.0 Å². The maximum atomic E-state index is 13.3. The van der Waals surface area contributed by atoms with Crippen LogP contribution >= 0.6 is 11.3 Å². The van der Waals surface area contributed by atoms with Crippen molar-refractivity contribution in [1.29, 1.82) is 0 Å². The molecule has 4 nitrogen and oxygen atoms in total. The third-order valence-electron chi connectivity index (χ3n) is 3.73. The van der Waals surface area contributed by atoms with Gasteiger partial charge in [0.25, 0.3) is 5.19 Å². The second kappa shape index (κ2) is 7.51. The molecule has 0 saturated carbocycles. The topological polar surface area (TPSA) is 43.4 Å². The van der Waals surface area contributed by atoms with Crippen molar-refractivity contribution in [1.82, 2.24) is 10.3 Å². The molecule has 0 saturated heterocycles. The van der Waals surface area contributed by atoms with Crippen LogP contribution in [0.15, 0.2) is 42.5 Å². The summed E-state index contributed by atoms with van der Waals surface area (Å²) in [7, 11) is 1.39. The molecular weight excluding hydrogens is 365 g/mol. The van der Waals surface area contributed by atoms with Gasteiger partial charge in [0.2, 0.25) is 0 Å². The Morgan fingerprint density at radius 1 is 1.15 bits per heavy atom. The van der Waals surface area contributed by atoms with Crippen LogP contribution in [-0.4, -0.2) is 24.8 Å². The van der Waals surface area contributed by atoms with Gasteiger partial charge in [-0.05, 0) is 36.4 Å². The van der Waals surface area contributed by atoms with Crippen molar-refractivity contribution < 1.29 is 22.6 Å². The molecule has 1 N–H and O–H groups in total. The highest BCUT2D eigenvalue weighted by Crippen LogP contribution is 2.39. The standard InChI is InChI=1S/C18H17F3N2O2S/c1-3-22-16(18(19,20)21)11-8-9-13(14(10-11)24-2)25-17-23-12-6-4-5-7-15(12)26-17/h4-10,16,22H,3H2,1-2H3. The number of nitrogens with one attached hydrogen (secondary N) is 1. The number of hydrogen-bond donors (Lipinski definition) is 1. The van der Waals surface area contributed by atoms with Crippen LogP contribution in [-0.2, 0) is 0 Å². The van der Waals surface area contributed by atoms with Gasteiger partial charge in [-0.3, -0.25) is 0 Å². The molecular formula is C18H17F3N2O2S. The lowest BCUT2D eigenvalue weighted by Crippen LogP contribution is -2.34. The highest BCUT2D eigenvalue weighted by molar-refractivity contribution is 7.20. The first-order valence-electron chi connectivity index (χ1n) is 7.94. The Bertz CT molecular complexity index is 863. The molecule has 138 valence electrons. The molecule has 8 heteroatoms. The molecule has 1 aromatic heterocycles. The zero-order chi connectivity index (χ0) is 18.7. The lowest BCUT2D eigenvalue weighted by atomic mass is 10.1. The summed E-state index contributed by atoms with van der Waals surface area (Å²) in [5, 5.41) is 2.84. The van der Waals surface area contributed by atoms with Crippen molar-refractivity contribution in [2.24, 2.45) is 0 Å². The van der Waals surface area contributed by atoms with E-state index in [1.165, 1.54) is 36.6 Å². The van der Waals surface area contributed by atoms with Crippen molar-refractivity contribution in [2.45, 2.75) is 19.1 Å². The molecule has 2 aromatic carbocycles. The number of fused-ring (bicyclic) bond motifs is 1. The van der Waals surface area contributed by atoms with Gasteiger partial charge in [0, 0.05) is 0 Å². The molecule has 0 bridgehead atoms. The van der Waals surface area contributed by atoms with Crippen molar-refractivity contribution in [2.75, 3.05) is 13.7 Å². The fourth-order valence-electron chi connectivity index (χ4n) is 2.56. The number of halogens is 3. The van der Waals surface area contributed by atoms with Gasteiger partial charge in [0.1, 0.15) is 6.04 Å². The third-order valence-corrected chi connectivity index (χ3v) is 4.64. The highest BCUT2D eigenvalue weighted by Gasteiger charge is 2.40. The first-order chi connectivity index (χ1) is 12.4. The van der Waals surface area contributed by atoms with Crippen LogP contribution in [0.25, 0.3) is 10.2 Å². The number of thiazole rings is 1. The van der Waals surface area contributed by atoms with E-state index < -0.39 is 12.2 Å². The number of para-hydroxylation sites is 1. The van der Waals surface area contributed by atoms with Crippen molar-refractivity contribution in [3.63, 3.8) is 0 Å². The summed E-state index contributed by atoms with van der Waals surface area (Å²) in [5.41, 5.74) is 0.861. The van der Waals surface area contributed by atoms with Gasteiger partial charge in [-0.1, -0.05) is 36.5 Å². The summed E-state index contributed by atoms with van der Waals surface area (Å²) in [6.45, 7) is 1.82. The van der Waals surface area contributed by atoms with Crippen LogP contribution < -0.4 is 14.8 Å². The van der Waals surface area contributed by atoms with Gasteiger partial charge in [0.05, 0.1) is 17.3 Å². The molecule has 0 fully saturated rings. The predicted molar refractivity (Wildman–Crippen MR) is 95.2 cm³/mol. The van der Waals surface area contributed by atoms with Crippen LogP contribution in [0.1, 0.15) is 18.5 Å². The number of methoxy groups -OCH3 is 1. The Kier molecular flexibility index (Phi) is 5.33. The second-order valence-electron chi connectivity index (χ2n) is 5.49. The quantitative estimate of drug-likeness (QED) is 0.627. The summed E-state index contributed by atoms with van der Waals surface area (Å²) in [6.07, 6.45) is -4.41. The second-order valence-corrected chi connectivity index (χ2v) is 6.49. The molecule has 0 amide bonds. The summed E-state index contributed by atoms with van der Waals surface area (Å²) >= 11 is 1.35. The Balaban J connectivity index is 1.91. The van der Waals surface area contributed by atoms with Gasteiger partial charge in [-0.2, -0.15) is 13.2 Å². The average Bonchev–Trinajstić information content (AvgIpc) is 3.01. The third kappa shape index (κ3) is 3.91. The van der Waals surface area contributed by atoms with E-state index in [2.05, 4.69) is 10.3 Å². The normalized spacial score (nSPS) is 13.0. The zero-order valence-corrected chi connectivity index (χ0v) is 14.9. The van der Waals surface area contributed by atoms with Gasteiger partial charge in [0.15, 0.2) is 11.5 Å². The van der Waals surface area contributed by atoms with Crippen LogP contribution in [0, 0.1) is 0 Å².